The number of rotatable bonds is 2. The highest BCUT2D eigenvalue weighted by molar-refractivity contribution is 7.85. The SMILES string of the molecule is O=[N+]([O-])c1ccc(O)c2cc(S(=O)(=O)O)ccc12. The van der Waals surface area contributed by atoms with Gasteiger partial charge >= 0.3 is 0 Å². The number of nitrogens with zero attached hydrogens (tertiary/aromatic N) is 1. The Morgan fingerprint density at radius 3 is 2.33 bits per heavy atom. The molecule has 8 heteroatoms. The Bertz CT molecular complexity index is 752. The third-order valence-corrected chi connectivity index (χ3v) is 3.29. The van der Waals surface area contributed by atoms with Gasteiger partial charge in [-0.05, 0) is 24.3 Å². The Labute approximate surface area is 101 Å². The van der Waals surface area contributed by atoms with Gasteiger partial charge < -0.3 is 5.11 Å². The molecule has 94 valence electrons. The first-order valence-electron chi connectivity index (χ1n) is 4.68. The van der Waals surface area contributed by atoms with E-state index in [1.165, 1.54) is 0 Å². The average molecular weight is 269 g/mol. The Morgan fingerprint density at radius 2 is 1.78 bits per heavy atom. The fourth-order valence-electron chi connectivity index (χ4n) is 1.62. The van der Waals surface area contributed by atoms with Gasteiger partial charge in [-0.25, -0.2) is 0 Å². The lowest BCUT2D eigenvalue weighted by Gasteiger charge is -2.04. The van der Waals surface area contributed by atoms with Crippen LogP contribution >= 0.6 is 0 Å². The number of nitro benzene ring substituents is 1. The molecule has 0 bridgehead atoms. The Morgan fingerprint density at radius 1 is 1.11 bits per heavy atom. The summed E-state index contributed by atoms with van der Waals surface area (Å²) < 4.78 is 30.8. The van der Waals surface area contributed by atoms with Crippen LogP contribution in [0.4, 0.5) is 5.69 Å². The number of hydrogen-bond donors (Lipinski definition) is 2. The molecule has 2 rings (SSSR count). The van der Waals surface area contributed by atoms with Gasteiger partial charge in [0, 0.05) is 11.5 Å². The standard InChI is InChI=1S/C10H7NO6S/c12-10-4-3-9(11(13)14)7-2-1-6(5-8(7)10)18(15,16)17/h1-5,12H,(H,15,16,17). The fraction of sp³-hybridized carbons (Fsp3) is 0. The van der Waals surface area contributed by atoms with Gasteiger partial charge in [0.05, 0.1) is 15.2 Å². The minimum atomic E-state index is -4.43. The largest absolute Gasteiger partial charge is 0.507 e. The summed E-state index contributed by atoms with van der Waals surface area (Å²) in [6.07, 6.45) is 0. The van der Waals surface area contributed by atoms with E-state index in [0.717, 1.165) is 30.3 Å². The van der Waals surface area contributed by atoms with E-state index in [9.17, 15) is 23.6 Å². The van der Waals surface area contributed by atoms with E-state index >= 15 is 0 Å². The zero-order chi connectivity index (χ0) is 13.5. The van der Waals surface area contributed by atoms with Crippen molar-refractivity contribution < 1.29 is 23.0 Å². The van der Waals surface area contributed by atoms with Gasteiger partial charge in [0.2, 0.25) is 0 Å². The van der Waals surface area contributed by atoms with E-state index in [1.807, 2.05) is 0 Å². The molecule has 2 aromatic carbocycles. The summed E-state index contributed by atoms with van der Waals surface area (Å²) in [4.78, 5) is 9.68. The molecule has 0 aromatic heterocycles. The Balaban J connectivity index is 2.87. The van der Waals surface area contributed by atoms with Gasteiger partial charge in [0.15, 0.2) is 0 Å². The summed E-state index contributed by atoms with van der Waals surface area (Å²) >= 11 is 0. The second-order valence-electron chi connectivity index (χ2n) is 3.54. The van der Waals surface area contributed by atoms with Crippen molar-refractivity contribution in [2.45, 2.75) is 4.90 Å². The average Bonchev–Trinajstić information content (AvgIpc) is 2.27. The smallest absolute Gasteiger partial charge is 0.294 e. The quantitative estimate of drug-likeness (QED) is 0.486. The van der Waals surface area contributed by atoms with Crippen molar-refractivity contribution in [2.75, 3.05) is 0 Å². The van der Waals surface area contributed by atoms with Gasteiger partial charge in [-0.15, -0.1) is 0 Å². The maximum absolute atomic E-state index is 10.9. The first kappa shape index (κ1) is 12.3. The van der Waals surface area contributed by atoms with Gasteiger partial charge in [-0.2, -0.15) is 8.42 Å². The minimum Gasteiger partial charge on any atom is -0.507 e. The molecule has 0 spiro atoms. The molecule has 2 N–H and O–H groups in total. The van der Waals surface area contributed by atoms with E-state index in [4.69, 9.17) is 4.55 Å². The van der Waals surface area contributed by atoms with Crippen LogP contribution in [0.1, 0.15) is 0 Å². The van der Waals surface area contributed by atoms with E-state index in [2.05, 4.69) is 0 Å². The van der Waals surface area contributed by atoms with Crippen molar-refractivity contribution >= 4 is 26.6 Å². The highest BCUT2D eigenvalue weighted by Gasteiger charge is 2.17. The highest BCUT2D eigenvalue weighted by atomic mass is 32.2. The van der Waals surface area contributed by atoms with Crippen LogP contribution in [0.3, 0.4) is 0 Å². The fourth-order valence-corrected chi connectivity index (χ4v) is 2.12. The van der Waals surface area contributed by atoms with Crippen LogP contribution in [-0.4, -0.2) is 23.0 Å². The normalized spacial score (nSPS) is 11.6. The number of aromatic hydroxyl groups is 1. The summed E-state index contributed by atoms with van der Waals surface area (Å²) in [5.74, 6) is -0.305. The molecule has 0 radical (unpaired) electrons. The molecule has 2 aromatic rings. The van der Waals surface area contributed by atoms with Crippen molar-refractivity contribution in [2.24, 2.45) is 0 Å². The van der Waals surface area contributed by atoms with Crippen molar-refractivity contribution in [3.63, 3.8) is 0 Å². The summed E-state index contributed by atoms with van der Waals surface area (Å²) in [6.45, 7) is 0. The van der Waals surface area contributed by atoms with Crippen LogP contribution in [-0.2, 0) is 10.1 Å². The van der Waals surface area contributed by atoms with Gasteiger partial charge in [0.25, 0.3) is 15.8 Å². The molecule has 0 aliphatic heterocycles. The van der Waals surface area contributed by atoms with Gasteiger partial charge in [-0.3, -0.25) is 14.7 Å². The monoisotopic (exact) mass is 269 g/mol. The number of nitro groups is 1. The predicted octanol–water partition coefficient (Wildman–Crippen LogP) is 1.70. The van der Waals surface area contributed by atoms with E-state index in [-0.39, 0.29) is 22.2 Å². The summed E-state index contributed by atoms with van der Waals surface area (Å²) in [7, 11) is -4.43. The lowest BCUT2D eigenvalue weighted by Crippen LogP contribution is -1.98. The van der Waals surface area contributed by atoms with Crippen LogP contribution in [0.2, 0.25) is 0 Å². The maximum atomic E-state index is 10.9. The second kappa shape index (κ2) is 3.93. The Kier molecular flexibility index (Phi) is 2.68. The second-order valence-corrected chi connectivity index (χ2v) is 4.96. The first-order chi connectivity index (χ1) is 8.30. The zero-order valence-corrected chi connectivity index (χ0v) is 9.59. The van der Waals surface area contributed by atoms with Crippen LogP contribution in [0, 0.1) is 10.1 Å². The number of phenols is 1. The van der Waals surface area contributed by atoms with Gasteiger partial charge in [0.1, 0.15) is 5.75 Å². The van der Waals surface area contributed by atoms with E-state index in [0.29, 0.717) is 0 Å². The molecule has 0 amide bonds. The maximum Gasteiger partial charge on any atom is 0.294 e. The molecule has 0 saturated heterocycles. The van der Waals surface area contributed by atoms with E-state index < -0.39 is 19.9 Å². The topological polar surface area (TPSA) is 118 Å². The van der Waals surface area contributed by atoms with Crippen molar-refractivity contribution in [1.82, 2.24) is 0 Å². The molecule has 18 heavy (non-hydrogen) atoms. The number of phenolic OH excluding ortho intramolecular Hbond substituents is 1. The molecule has 0 fully saturated rings. The third-order valence-electron chi connectivity index (χ3n) is 2.44. The molecular weight excluding hydrogens is 262 g/mol. The molecule has 0 aliphatic rings. The zero-order valence-electron chi connectivity index (χ0n) is 8.77. The van der Waals surface area contributed by atoms with Crippen molar-refractivity contribution in [1.29, 1.82) is 0 Å². The first-order valence-corrected chi connectivity index (χ1v) is 6.12. The molecular formula is C10H7NO6S. The van der Waals surface area contributed by atoms with Crippen LogP contribution in [0.25, 0.3) is 10.8 Å². The number of fused-ring (bicyclic) bond motifs is 1. The molecule has 7 nitrogen and oxygen atoms in total. The Hall–Kier alpha value is -2.19. The van der Waals surface area contributed by atoms with Crippen LogP contribution in [0.15, 0.2) is 35.2 Å². The molecule has 0 aliphatic carbocycles. The van der Waals surface area contributed by atoms with Crippen molar-refractivity contribution in [3.05, 3.63) is 40.4 Å². The lowest BCUT2D eigenvalue weighted by atomic mass is 10.1. The number of hydrogen-bond acceptors (Lipinski definition) is 5. The summed E-state index contributed by atoms with van der Waals surface area (Å²) in [6, 6.07) is 5.38. The lowest BCUT2D eigenvalue weighted by molar-refractivity contribution is -0.383. The van der Waals surface area contributed by atoms with E-state index in [1.54, 1.807) is 0 Å². The minimum absolute atomic E-state index is 0.0145. The highest BCUT2D eigenvalue weighted by Crippen LogP contribution is 2.33. The van der Waals surface area contributed by atoms with Gasteiger partial charge in [-0.1, -0.05) is 0 Å². The van der Waals surface area contributed by atoms with Crippen LogP contribution in [0.5, 0.6) is 5.75 Å². The molecule has 0 atom stereocenters. The number of non-ortho nitro benzene ring substituents is 1. The van der Waals surface area contributed by atoms with Crippen LogP contribution < -0.4 is 0 Å². The molecule has 0 heterocycles. The third kappa shape index (κ3) is 1.98. The summed E-state index contributed by atoms with van der Waals surface area (Å²) in [5, 5.41) is 20.4. The molecule has 0 saturated carbocycles. The molecule has 0 unspecified atom stereocenters. The predicted molar refractivity (Wildman–Crippen MR) is 62.1 cm³/mol. The summed E-state index contributed by atoms with van der Waals surface area (Å²) in [5.41, 5.74) is -0.260. The van der Waals surface area contributed by atoms with Crippen molar-refractivity contribution in [3.8, 4) is 5.75 Å². The number of benzene rings is 2.